The number of hydrogen-bond donors (Lipinski definition) is 2. The molecule has 2 heterocycles. The number of aromatic nitrogens is 1. The predicted molar refractivity (Wildman–Crippen MR) is 145 cm³/mol. The highest BCUT2D eigenvalue weighted by Crippen LogP contribution is 2.35. The third-order valence-corrected chi connectivity index (χ3v) is 4.16. The van der Waals surface area contributed by atoms with Gasteiger partial charge in [-0.05, 0) is 18.7 Å². The van der Waals surface area contributed by atoms with E-state index in [-0.39, 0.29) is 11.8 Å². The maximum atomic E-state index is 12.4. The molecule has 2 amide bonds. The SMILES string of the molecule is CC.CC.CC.CC.CN.Cn1cc(C2=C(c3ccccc3)C(=O)NC2=O)c2ccccc21. The Morgan fingerprint density at radius 1 is 0.667 bits per heavy atom. The Morgan fingerprint density at radius 2 is 1.12 bits per heavy atom. The van der Waals surface area contributed by atoms with Gasteiger partial charge in [0.15, 0.2) is 0 Å². The summed E-state index contributed by atoms with van der Waals surface area (Å²) in [5.74, 6) is -0.686. The zero-order valence-corrected chi connectivity index (χ0v) is 22.1. The predicted octanol–water partition coefficient (Wildman–Crippen LogP) is 6.43. The van der Waals surface area contributed by atoms with Gasteiger partial charge in [0, 0.05) is 29.7 Å². The molecule has 0 radical (unpaired) electrons. The van der Waals surface area contributed by atoms with E-state index in [9.17, 15) is 9.59 Å². The molecule has 5 heteroatoms. The van der Waals surface area contributed by atoms with E-state index in [4.69, 9.17) is 0 Å². The van der Waals surface area contributed by atoms with E-state index >= 15 is 0 Å². The number of carbonyl (C=O) groups is 2. The van der Waals surface area contributed by atoms with Crippen LogP contribution in [0.2, 0.25) is 0 Å². The van der Waals surface area contributed by atoms with Crippen LogP contribution >= 0.6 is 0 Å². The Balaban J connectivity index is 0. The minimum atomic E-state index is -0.343. The highest BCUT2D eigenvalue weighted by Gasteiger charge is 2.33. The zero-order valence-electron chi connectivity index (χ0n) is 22.1. The van der Waals surface area contributed by atoms with Gasteiger partial charge in [0.05, 0.1) is 11.1 Å². The Hall–Kier alpha value is -3.18. The molecule has 1 aromatic heterocycles. The van der Waals surface area contributed by atoms with Crippen LogP contribution in [0.25, 0.3) is 22.0 Å². The number of aryl methyl sites for hydroxylation is 1. The molecule has 1 aliphatic heterocycles. The van der Waals surface area contributed by atoms with E-state index in [0.29, 0.717) is 11.1 Å². The lowest BCUT2D eigenvalue weighted by molar-refractivity contribution is -0.122. The van der Waals surface area contributed by atoms with Crippen LogP contribution < -0.4 is 11.1 Å². The molecule has 3 aromatic rings. The molecule has 3 N–H and O–H groups in total. The highest BCUT2D eigenvalue weighted by atomic mass is 16.2. The molecule has 0 spiro atoms. The maximum Gasteiger partial charge on any atom is 0.259 e. The lowest BCUT2D eigenvalue weighted by Gasteiger charge is -2.03. The lowest BCUT2D eigenvalue weighted by Crippen LogP contribution is -2.22. The number of fused-ring (bicyclic) bond motifs is 1. The second-order valence-electron chi connectivity index (χ2n) is 5.57. The average Bonchev–Trinajstić information content (AvgIpc) is 3.40. The molecule has 0 atom stereocenters. The molecule has 33 heavy (non-hydrogen) atoms. The van der Waals surface area contributed by atoms with Gasteiger partial charge < -0.3 is 10.3 Å². The second kappa shape index (κ2) is 18.4. The number of hydrogen-bond acceptors (Lipinski definition) is 3. The highest BCUT2D eigenvalue weighted by molar-refractivity contribution is 6.50. The van der Waals surface area contributed by atoms with Gasteiger partial charge in [0.25, 0.3) is 11.8 Å². The standard InChI is InChI=1S/C19H14N2O2.4C2H6.CH5N/c1-21-11-14(13-9-5-6-10-15(13)21)17-16(18(22)20-19(17)23)12-7-3-2-4-8-12;5*1-2/h2-11H,1H3,(H,20,22,23);4*1-2H3;2H2,1H3. The number of benzene rings is 2. The molecular weight excluding hydrogens is 410 g/mol. The average molecular weight is 454 g/mol. The molecule has 0 saturated heterocycles. The molecule has 0 unspecified atom stereocenters. The molecule has 1 aliphatic rings. The Labute approximate surface area is 200 Å². The number of nitrogens with two attached hydrogens (primary N) is 1. The number of imide groups is 1. The normalized spacial score (nSPS) is 11.1. The second-order valence-corrected chi connectivity index (χ2v) is 5.57. The van der Waals surface area contributed by atoms with Crippen LogP contribution in [0.4, 0.5) is 0 Å². The molecule has 0 aliphatic carbocycles. The van der Waals surface area contributed by atoms with Crippen molar-refractivity contribution in [2.45, 2.75) is 55.4 Å². The van der Waals surface area contributed by atoms with E-state index in [0.717, 1.165) is 22.0 Å². The minimum absolute atomic E-state index is 0.342. The summed E-state index contributed by atoms with van der Waals surface area (Å²) in [4.78, 5) is 24.7. The molecular formula is C28H43N3O2. The van der Waals surface area contributed by atoms with Gasteiger partial charge >= 0.3 is 0 Å². The van der Waals surface area contributed by atoms with Gasteiger partial charge in [-0.2, -0.15) is 0 Å². The van der Waals surface area contributed by atoms with Crippen molar-refractivity contribution < 1.29 is 9.59 Å². The van der Waals surface area contributed by atoms with Crippen molar-refractivity contribution >= 4 is 33.9 Å². The number of para-hydroxylation sites is 1. The van der Waals surface area contributed by atoms with Crippen molar-refractivity contribution in [1.82, 2.24) is 9.88 Å². The number of rotatable bonds is 2. The van der Waals surface area contributed by atoms with Crippen LogP contribution in [-0.2, 0) is 16.6 Å². The lowest BCUT2D eigenvalue weighted by atomic mass is 9.96. The van der Waals surface area contributed by atoms with Crippen molar-refractivity contribution in [3.05, 3.63) is 71.9 Å². The van der Waals surface area contributed by atoms with Crippen LogP contribution in [0.5, 0.6) is 0 Å². The Bertz CT molecular complexity index is 987. The summed E-state index contributed by atoms with van der Waals surface area (Å²) >= 11 is 0. The fourth-order valence-corrected chi connectivity index (χ4v) is 3.13. The largest absolute Gasteiger partial charge is 0.350 e. The van der Waals surface area contributed by atoms with Gasteiger partial charge in [-0.1, -0.05) is 104 Å². The third-order valence-electron chi connectivity index (χ3n) is 4.16. The summed E-state index contributed by atoms with van der Waals surface area (Å²) in [5.41, 5.74) is 7.93. The third kappa shape index (κ3) is 7.72. The van der Waals surface area contributed by atoms with Crippen molar-refractivity contribution in [1.29, 1.82) is 0 Å². The fourth-order valence-electron chi connectivity index (χ4n) is 3.13. The van der Waals surface area contributed by atoms with E-state index < -0.39 is 0 Å². The summed E-state index contributed by atoms with van der Waals surface area (Å²) in [6, 6.07) is 17.2. The number of nitrogens with one attached hydrogen (secondary N) is 1. The van der Waals surface area contributed by atoms with E-state index in [1.54, 1.807) is 0 Å². The topological polar surface area (TPSA) is 77.1 Å². The van der Waals surface area contributed by atoms with E-state index in [1.165, 1.54) is 7.05 Å². The number of carbonyl (C=O) groups excluding carboxylic acids is 2. The molecule has 4 rings (SSSR count). The van der Waals surface area contributed by atoms with Crippen LogP contribution in [0.3, 0.4) is 0 Å². The van der Waals surface area contributed by atoms with E-state index in [2.05, 4.69) is 11.1 Å². The van der Waals surface area contributed by atoms with Crippen LogP contribution in [-0.4, -0.2) is 23.4 Å². The fraction of sp³-hybridized carbons (Fsp3) is 0.357. The summed E-state index contributed by atoms with van der Waals surface area (Å²) in [6.45, 7) is 16.0. The van der Waals surface area contributed by atoms with Crippen molar-refractivity contribution in [2.24, 2.45) is 12.8 Å². The quantitative estimate of drug-likeness (QED) is 0.439. The first-order valence-electron chi connectivity index (χ1n) is 11.9. The number of amides is 2. The Kier molecular flexibility index (Phi) is 17.8. The van der Waals surface area contributed by atoms with Crippen LogP contribution in [0.15, 0.2) is 60.8 Å². The molecule has 2 aromatic carbocycles. The smallest absolute Gasteiger partial charge is 0.259 e. The molecule has 0 fully saturated rings. The number of nitrogens with zero attached hydrogens (tertiary/aromatic N) is 1. The van der Waals surface area contributed by atoms with Gasteiger partial charge in [-0.3, -0.25) is 14.9 Å². The summed E-state index contributed by atoms with van der Waals surface area (Å²) in [7, 11) is 3.43. The molecule has 5 nitrogen and oxygen atoms in total. The first kappa shape index (κ1) is 32.0. The molecule has 182 valence electrons. The maximum absolute atomic E-state index is 12.4. The molecule has 0 bridgehead atoms. The van der Waals surface area contributed by atoms with Gasteiger partial charge in [0.1, 0.15) is 0 Å². The Morgan fingerprint density at radius 3 is 1.67 bits per heavy atom. The van der Waals surface area contributed by atoms with Crippen molar-refractivity contribution in [2.75, 3.05) is 7.05 Å². The van der Waals surface area contributed by atoms with E-state index in [1.807, 2.05) is 128 Å². The van der Waals surface area contributed by atoms with Gasteiger partial charge in [-0.15, -0.1) is 0 Å². The van der Waals surface area contributed by atoms with Crippen LogP contribution in [0.1, 0.15) is 66.5 Å². The van der Waals surface area contributed by atoms with Gasteiger partial charge in [-0.25, -0.2) is 0 Å². The monoisotopic (exact) mass is 453 g/mol. The van der Waals surface area contributed by atoms with Crippen molar-refractivity contribution in [3.8, 4) is 0 Å². The summed E-state index contributed by atoms with van der Waals surface area (Å²) < 4.78 is 1.97. The first-order chi connectivity index (χ1) is 16.2. The first-order valence-corrected chi connectivity index (χ1v) is 11.9. The van der Waals surface area contributed by atoms with Gasteiger partial charge in [0.2, 0.25) is 0 Å². The van der Waals surface area contributed by atoms with Crippen molar-refractivity contribution in [3.63, 3.8) is 0 Å². The summed E-state index contributed by atoms with van der Waals surface area (Å²) in [6.07, 6.45) is 1.90. The van der Waals surface area contributed by atoms with Crippen LogP contribution in [0, 0.1) is 0 Å². The zero-order chi connectivity index (χ0) is 26.0. The molecule has 0 saturated carbocycles. The summed E-state index contributed by atoms with van der Waals surface area (Å²) in [5, 5.41) is 3.39. The minimum Gasteiger partial charge on any atom is -0.350 e.